The first-order valence-electron chi connectivity index (χ1n) is 7.61. The van der Waals surface area contributed by atoms with Crippen molar-refractivity contribution < 1.29 is 19.9 Å². The summed E-state index contributed by atoms with van der Waals surface area (Å²) in [5.74, 6) is -0.902. The zero-order valence-electron chi connectivity index (χ0n) is 11.9. The molecule has 0 aromatic carbocycles. The number of nitrogens with one attached hydrogen (secondary N) is 1. The smallest absolute Gasteiger partial charge is 0.451 e. The molecule has 2 rings (SSSR count). The SMILES string of the molecule is O=C(O)[C@@H]1CN(CC2CCCN2)C[C@@H]1CCCB(O)O. The van der Waals surface area contributed by atoms with Crippen LogP contribution < -0.4 is 5.32 Å². The van der Waals surface area contributed by atoms with Gasteiger partial charge in [-0.3, -0.25) is 4.79 Å². The van der Waals surface area contributed by atoms with Crippen molar-refractivity contribution in [2.24, 2.45) is 11.8 Å². The zero-order chi connectivity index (χ0) is 14.5. The van der Waals surface area contributed by atoms with Gasteiger partial charge in [-0.2, -0.15) is 0 Å². The normalized spacial score (nSPS) is 30.8. The number of nitrogens with zero attached hydrogens (tertiary/aromatic N) is 1. The molecule has 2 aliphatic rings. The van der Waals surface area contributed by atoms with E-state index in [0.717, 1.165) is 26.1 Å². The van der Waals surface area contributed by atoms with Crippen molar-refractivity contribution in [1.29, 1.82) is 0 Å². The second kappa shape index (κ2) is 7.40. The van der Waals surface area contributed by atoms with Crippen LogP contribution in [0.15, 0.2) is 0 Å². The highest BCUT2D eigenvalue weighted by Crippen LogP contribution is 2.29. The first-order chi connectivity index (χ1) is 9.56. The molecule has 20 heavy (non-hydrogen) atoms. The van der Waals surface area contributed by atoms with Crippen LogP contribution in [0.1, 0.15) is 25.7 Å². The number of aliphatic carboxylic acids is 1. The maximum Gasteiger partial charge on any atom is 0.451 e. The van der Waals surface area contributed by atoms with Gasteiger partial charge in [-0.15, -0.1) is 0 Å². The molecule has 0 saturated carbocycles. The van der Waals surface area contributed by atoms with Crippen LogP contribution in [-0.2, 0) is 4.79 Å². The minimum atomic E-state index is -1.28. The number of carboxylic acids is 1. The second-order valence-electron chi connectivity index (χ2n) is 6.13. The van der Waals surface area contributed by atoms with E-state index in [1.165, 1.54) is 12.8 Å². The van der Waals surface area contributed by atoms with Crippen LogP contribution in [0.2, 0.25) is 6.32 Å². The Morgan fingerprint density at radius 1 is 1.35 bits per heavy atom. The molecule has 2 saturated heterocycles. The molecular weight excluding hydrogens is 259 g/mol. The zero-order valence-corrected chi connectivity index (χ0v) is 11.9. The maximum absolute atomic E-state index is 11.4. The van der Waals surface area contributed by atoms with Gasteiger partial charge in [0.1, 0.15) is 0 Å². The van der Waals surface area contributed by atoms with Crippen molar-refractivity contribution in [1.82, 2.24) is 10.2 Å². The van der Waals surface area contributed by atoms with Gasteiger partial charge in [-0.25, -0.2) is 0 Å². The lowest BCUT2D eigenvalue weighted by molar-refractivity contribution is -0.142. The van der Waals surface area contributed by atoms with Crippen molar-refractivity contribution in [3.63, 3.8) is 0 Å². The molecule has 0 aromatic rings. The standard InChI is InChI=1S/C13H25BN2O4/c17-13(18)12-9-16(8-11-4-2-6-15-11)7-10(12)3-1-5-14(19)20/h10-12,15,19-20H,1-9H2,(H,17,18)/t10-,11?,12+/m0/s1. The van der Waals surface area contributed by atoms with E-state index in [1.54, 1.807) is 0 Å². The van der Waals surface area contributed by atoms with Crippen molar-refractivity contribution in [2.45, 2.75) is 38.0 Å². The third kappa shape index (κ3) is 4.44. The number of hydrogen-bond donors (Lipinski definition) is 4. The third-order valence-corrected chi connectivity index (χ3v) is 4.51. The van der Waals surface area contributed by atoms with Crippen molar-refractivity contribution in [3.8, 4) is 0 Å². The van der Waals surface area contributed by atoms with Gasteiger partial charge in [0.25, 0.3) is 0 Å². The van der Waals surface area contributed by atoms with Crippen LogP contribution in [0.3, 0.4) is 0 Å². The van der Waals surface area contributed by atoms with E-state index in [2.05, 4.69) is 10.2 Å². The highest BCUT2D eigenvalue weighted by Gasteiger charge is 2.38. The highest BCUT2D eigenvalue weighted by molar-refractivity contribution is 6.40. The summed E-state index contributed by atoms with van der Waals surface area (Å²) in [6.07, 6.45) is 4.13. The lowest BCUT2D eigenvalue weighted by atomic mass is 9.80. The Hall–Kier alpha value is -0.625. The molecule has 2 heterocycles. The summed E-state index contributed by atoms with van der Waals surface area (Å²) in [7, 11) is -1.28. The fourth-order valence-electron chi connectivity index (χ4n) is 3.47. The van der Waals surface area contributed by atoms with E-state index < -0.39 is 13.1 Å². The fraction of sp³-hybridized carbons (Fsp3) is 0.923. The van der Waals surface area contributed by atoms with Crippen LogP contribution in [-0.4, -0.2) is 65.4 Å². The van der Waals surface area contributed by atoms with Gasteiger partial charge in [0.05, 0.1) is 5.92 Å². The fourth-order valence-corrected chi connectivity index (χ4v) is 3.47. The molecule has 0 amide bonds. The van der Waals surface area contributed by atoms with Gasteiger partial charge >= 0.3 is 13.1 Å². The molecule has 2 aliphatic heterocycles. The molecule has 4 N–H and O–H groups in total. The number of rotatable bonds is 7. The summed E-state index contributed by atoms with van der Waals surface area (Å²) < 4.78 is 0. The Kier molecular flexibility index (Phi) is 5.83. The topological polar surface area (TPSA) is 93.0 Å². The summed E-state index contributed by atoms with van der Waals surface area (Å²) in [5, 5.41) is 30.5. The lowest BCUT2D eigenvalue weighted by Gasteiger charge is -2.20. The molecule has 114 valence electrons. The maximum atomic E-state index is 11.4. The quantitative estimate of drug-likeness (QED) is 0.476. The third-order valence-electron chi connectivity index (χ3n) is 4.51. The van der Waals surface area contributed by atoms with Crippen LogP contribution in [0.4, 0.5) is 0 Å². The van der Waals surface area contributed by atoms with Gasteiger partial charge in [0, 0.05) is 25.7 Å². The highest BCUT2D eigenvalue weighted by atomic mass is 16.4. The lowest BCUT2D eigenvalue weighted by Crippen LogP contribution is -2.36. The van der Waals surface area contributed by atoms with Crippen LogP contribution in [0.25, 0.3) is 0 Å². The average molecular weight is 284 g/mol. The predicted molar refractivity (Wildman–Crippen MR) is 76.3 cm³/mol. The Morgan fingerprint density at radius 3 is 2.75 bits per heavy atom. The van der Waals surface area contributed by atoms with Crippen molar-refractivity contribution in [3.05, 3.63) is 0 Å². The number of likely N-dealkylation sites (tertiary alicyclic amines) is 1. The van der Waals surface area contributed by atoms with E-state index in [-0.39, 0.29) is 11.8 Å². The molecule has 0 aliphatic carbocycles. The Morgan fingerprint density at radius 2 is 2.15 bits per heavy atom. The average Bonchev–Trinajstić information content (AvgIpc) is 2.99. The van der Waals surface area contributed by atoms with E-state index in [4.69, 9.17) is 10.0 Å². The number of carboxylic acid groups (broad SMARTS) is 1. The number of hydrogen-bond acceptors (Lipinski definition) is 5. The second-order valence-corrected chi connectivity index (χ2v) is 6.13. The predicted octanol–water partition coefficient (Wildman–Crippen LogP) is -0.376. The Balaban J connectivity index is 1.80. The first kappa shape index (κ1) is 15.8. The van der Waals surface area contributed by atoms with Crippen molar-refractivity contribution >= 4 is 13.1 Å². The van der Waals surface area contributed by atoms with Gasteiger partial charge in [-0.05, 0) is 38.0 Å². The van der Waals surface area contributed by atoms with E-state index in [1.807, 2.05) is 0 Å². The molecule has 3 atom stereocenters. The van der Waals surface area contributed by atoms with Crippen molar-refractivity contribution in [2.75, 3.05) is 26.2 Å². The minimum Gasteiger partial charge on any atom is -0.481 e. The van der Waals surface area contributed by atoms with Crippen LogP contribution >= 0.6 is 0 Å². The van der Waals surface area contributed by atoms with Gasteiger partial charge in [0.2, 0.25) is 0 Å². The Labute approximate surface area is 120 Å². The first-order valence-corrected chi connectivity index (χ1v) is 7.61. The molecule has 0 bridgehead atoms. The molecular formula is C13H25BN2O4. The summed E-state index contributed by atoms with van der Waals surface area (Å²) >= 11 is 0. The Bertz CT molecular complexity index is 323. The monoisotopic (exact) mass is 284 g/mol. The number of carbonyl (C=O) groups is 1. The molecule has 7 heteroatoms. The summed E-state index contributed by atoms with van der Waals surface area (Å²) in [6.45, 7) is 3.44. The van der Waals surface area contributed by atoms with E-state index in [0.29, 0.717) is 25.3 Å². The molecule has 2 fully saturated rings. The molecule has 6 nitrogen and oxygen atoms in total. The minimum absolute atomic E-state index is 0.132. The summed E-state index contributed by atoms with van der Waals surface area (Å²) in [6, 6.07) is 0.502. The molecule has 0 aromatic heterocycles. The van der Waals surface area contributed by atoms with Crippen LogP contribution in [0, 0.1) is 11.8 Å². The van der Waals surface area contributed by atoms with E-state index >= 15 is 0 Å². The van der Waals surface area contributed by atoms with Gasteiger partial charge in [0.15, 0.2) is 0 Å². The van der Waals surface area contributed by atoms with Gasteiger partial charge < -0.3 is 25.4 Å². The van der Waals surface area contributed by atoms with Gasteiger partial charge in [-0.1, -0.05) is 6.42 Å². The molecule has 1 unspecified atom stereocenters. The largest absolute Gasteiger partial charge is 0.481 e. The molecule has 0 radical (unpaired) electrons. The summed E-state index contributed by atoms with van der Waals surface area (Å²) in [5.41, 5.74) is 0. The van der Waals surface area contributed by atoms with Crippen LogP contribution in [0.5, 0.6) is 0 Å². The molecule has 0 spiro atoms. The summed E-state index contributed by atoms with van der Waals surface area (Å²) in [4.78, 5) is 13.6. The van der Waals surface area contributed by atoms with E-state index in [9.17, 15) is 9.90 Å².